The molecule has 0 unspecified atom stereocenters. The molecule has 192 valence electrons. The van der Waals surface area contributed by atoms with Crippen LogP contribution < -0.4 is 57.1 Å². The minimum atomic E-state index is 0. The van der Waals surface area contributed by atoms with E-state index in [0.717, 1.165) is 5.56 Å². The molecule has 0 fully saturated rings. The Kier molecular flexibility index (Phi) is 28.7. The molecule has 2 N–H and O–H groups in total. The van der Waals surface area contributed by atoms with Crippen molar-refractivity contribution in [2.75, 3.05) is 12.8 Å². The third-order valence-corrected chi connectivity index (χ3v) is 5.09. The molecule has 1 aromatic carbocycles. The monoisotopic (exact) mass is 505 g/mol. The van der Waals surface area contributed by atoms with Crippen molar-refractivity contribution in [1.82, 2.24) is 4.98 Å². The van der Waals surface area contributed by atoms with Gasteiger partial charge < -0.3 is 19.6 Å². The largest absolute Gasteiger partial charge is 1.00 e. The van der Waals surface area contributed by atoms with Crippen molar-refractivity contribution < 1.29 is 56.2 Å². The van der Waals surface area contributed by atoms with Crippen molar-refractivity contribution in [2.45, 2.75) is 73.1 Å². The summed E-state index contributed by atoms with van der Waals surface area (Å²) >= 11 is 0. The first-order valence-electron chi connectivity index (χ1n) is 12.5. The van der Waals surface area contributed by atoms with Gasteiger partial charge in [-0.25, -0.2) is 0 Å². The van der Waals surface area contributed by atoms with Gasteiger partial charge in [0.2, 0.25) is 0 Å². The quantitative estimate of drug-likeness (QED) is 0.301. The van der Waals surface area contributed by atoms with E-state index < -0.39 is 0 Å². The predicted molar refractivity (Wildman–Crippen MR) is 151 cm³/mol. The number of hydrogen-bond donors (Lipinski definition) is 1. The van der Waals surface area contributed by atoms with E-state index in [1.165, 1.54) is 37.0 Å². The number of rotatable bonds is 9. The van der Waals surface area contributed by atoms with Crippen LogP contribution in [0.5, 0.6) is 0 Å². The molecule has 2 rings (SSSR count). The van der Waals surface area contributed by atoms with Crippen molar-refractivity contribution >= 4 is 17.3 Å². The maximum atomic E-state index is 10.5. The van der Waals surface area contributed by atoms with Crippen molar-refractivity contribution in [3.63, 3.8) is 0 Å². The van der Waals surface area contributed by atoms with Crippen LogP contribution in [-0.2, 0) is 4.79 Å². The number of nitrogen functional groups attached to an aromatic ring is 1. The minimum Gasteiger partial charge on any atom is -0.394 e. The smallest absolute Gasteiger partial charge is 0.394 e. The molecule has 0 saturated heterocycles. The minimum absolute atomic E-state index is 0. The van der Waals surface area contributed by atoms with Crippen molar-refractivity contribution in [3.8, 4) is 0 Å². The normalized spacial score (nSPS) is 10.1. The maximum Gasteiger partial charge on any atom is 1.00 e. The van der Waals surface area contributed by atoms with E-state index in [-0.39, 0.29) is 63.1 Å². The Labute approximate surface area is 259 Å². The zero-order valence-corrected chi connectivity index (χ0v) is 26.6. The number of anilines is 1. The molecule has 1 aromatic heterocycles. The summed E-state index contributed by atoms with van der Waals surface area (Å²) in [5.74, 6) is 1.45. The second-order valence-electron chi connectivity index (χ2n) is 7.72. The average molecular weight is 506 g/mol. The summed E-state index contributed by atoms with van der Waals surface area (Å²) in [6.45, 7) is 21.0. The molecule has 0 bridgehead atoms. The molecule has 0 radical (unpaired) electrons. The molecular formula is C30H48KN3O-2. The second kappa shape index (κ2) is 26.1. The van der Waals surface area contributed by atoms with Crippen LogP contribution in [0.15, 0.2) is 53.7 Å². The Morgan fingerprint density at radius 2 is 1.51 bits per heavy atom. The van der Waals surface area contributed by atoms with Crippen LogP contribution in [0.3, 0.4) is 0 Å². The summed E-state index contributed by atoms with van der Waals surface area (Å²) in [6.07, 6.45) is 7.95. The van der Waals surface area contributed by atoms with Gasteiger partial charge in [0.1, 0.15) is 5.78 Å². The molecule has 0 saturated carbocycles. The van der Waals surface area contributed by atoms with Gasteiger partial charge in [0.15, 0.2) is 0 Å². The number of hydrogen-bond acceptors (Lipinski definition) is 4. The van der Waals surface area contributed by atoms with E-state index in [4.69, 9.17) is 5.73 Å². The molecule has 4 nitrogen and oxygen atoms in total. The van der Waals surface area contributed by atoms with E-state index in [0.29, 0.717) is 24.6 Å². The molecule has 5 heteroatoms. The van der Waals surface area contributed by atoms with Gasteiger partial charge >= 0.3 is 51.4 Å². The topological polar surface area (TPSA) is 68.3 Å². The maximum absolute atomic E-state index is 10.5. The Bertz CT molecular complexity index is 751. The molecule has 0 spiro atoms. The van der Waals surface area contributed by atoms with Gasteiger partial charge in [0.05, 0.1) is 5.82 Å². The number of ketones is 1. The van der Waals surface area contributed by atoms with Gasteiger partial charge in [-0.3, -0.25) is 14.8 Å². The van der Waals surface area contributed by atoms with Crippen LogP contribution >= 0.6 is 0 Å². The molecule has 2 aromatic rings. The fourth-order valence-electron chi connectivity index (χ4n) is 3.32. The summed E-state index contributed by atoms with van der Waals surface area (Å²) in [6, 6.07) is 14.1. The Morgan fingerprint density at radius 1 is 1.00 bits per heavy atom. The molecule has 0 aliphatic rings. The van der Waals surface area contributed by atoms with E-state index >= 15 is 0 Å². The number of nitrogens with zero attached hydrogens (tertiary/aromatic N) is 2. The second-order valence-corrected chi connectivity index (χ2v) is 7.72. The van der Waals surface area contributed by atoms with Gasteiger partial charge in [0, 0.05) is 18.7 Å². The van der Waals surface area contributed by atoms with Crippen LogP contribution in [0, 0.1) is 32.6 Å². The number of carbonyl (C=O) groups is 1. The van der Waals surface area contributed by atoms with Crippen LogP contribution in [0.4, 0.5) is 5.82 Å². The predicted octanol–water partition coefficient (Wildman–Crippen LogP) is 4.84. The number of Topliss-reactive ketones (excluding diaryl/α,β-unsaturated/α-hetero) is 1. The third kappa shape index (κ3) is 18.9. The van der Waals surface area contributed by atoms with Crippen LogP contribution in [0.25, 0.3) is 0 Å². The van der Waals surface area contributed by atoms with Gasteiger partial charge in [-0.1, -0.05) is 70.9 Å². The molecular weight excluding hydrogens is 457 g/mol. The molecule has 0 atom stereocenters. The van der Waals surface area contributed by atoms with E-state index in [1.54, 1.807) is 25.3 Å². The van der Waals surface area contributed by atoms with Gasteiger partial charge in [0.25, 0.3) is 0 Å². The number of nitrogens with two attached hydrogens (primary N) is 1. The summed E-state index contributed by atoms with van der Waals surface area (Å²) in [5, 5.41) is 0. The third-order valence-electron chi connectivity index (χ3n) is 5.09. The summed E-state index contributed by atoms with van der Waals surface area (Å²) in [5.41, 5.74) is 8.78. The molecule has 0 amide bonds. The average Bonchev–Trinajstić information content (AvgIpc) is 2.83. The number of aliphatic imine (C=N–C) groups is 1. The fraction of sp³-hybridized carbons (Fsp3) is 0.467. The van der Waals surface area contributed by atoms with Crippen LogP contribution in [-0.4, -0.2) is 23.5 Å². The van der Waals surface area contributed by atoms with Crippen molar-refractivity contribution in [3.05, 3.63) is 80.6 Å². The van der Waals surface area contributed by atoms with Gasteiger partial charge in [-0.05, 0) is 37.4 Å². The first-order chi connectivity index (χ1) is 16.3. The molecule has 1 heterocycles. The first-order valence-corrected chi connectivity index (χ1v) is 12.5. The standard InChI is InChI=1S/C15H23N.C7H12O.C6H7N2.C2H6.K/c1-4-9-13(10-5-2)15(16-3)14-11-7-6-8-12-14;1-4-7(5-2)6(3)8;1-5-2-3-8-6(7)4-5;1-2;/h6-8,11-13H,4-5,9-10H2,1-3H3;7H,1-2,4-5H2,3H3;2-4H,1H2,(H2,7,8);1-2H3;/q;-2;-1;;+1. The van der Waals surface area contributed by atoms with Crippen molar-refractivity contribution in [2.24, 2.45) is 16.8 Å². The number of benzene rings is 1. The van der Waals surface area contributed by atoms with Gasteiger partial charge in [-0.15, -0.1) is 12.1 Å². The summed E-state index contributed by atoms with van der Waals surface area (Å²) in [7, 11) is 1.92. The summed E-state index contributed by atoms with van der Waals surface area (Å²) < 4.78 is 0. The van der Waals surface area contributed by atoms with Crippen LogP contribution in [0.2, 0.25) is 0 Å². The first kappa shape index (κ1) is 38.5. The molecule has 35 heavy (non-hydrogen) atoms. The van der Waals surface area contributed by atoms with Crippen LogP contribution in [0.1, 0.15) is 84.3 Å². The van der Waals surface area contributed by atoms with E-state index in [9.17, 15) is 4.79 Å². The zero-order valence-electron chi connectivity index (χ0n) is 23.5. The zero-order chi connectivity index (χ0) is 26.4. The van der Waals surface area contributed by atoms with Gasteiger partial charge in [-0.2, -0.15) is 25.3 Å². The Balaban J connectivity index is -0.000000457. The summed E-state index contributed by atoms with van der Waals surface area (Å²) in [4.78, 5) is 18.8. The SMILES string of the molecule is CC.CCCC(CCC)C(=NC)c1ccccc1.[CH2-]CC(C[CH2-])C(C)=O.[CH2-]c1ccnc(N)c1.[K+]. The van der Waals surface area contributed by atoms with Crippen molar-refractivity contribution in [1.29, 1.82) is 0 Å². The number of pyridine rings is 1. The van der Waals surface area contributed by atoms with E-state index in [1.807, 2.05) is 20.9 Å². The molecule has 0 aliphatic heterocycles. The Morgan fingerprint density at radius 3 is 1.80 bits per heavy atom. The number of aromatic nitrogens is 1. The Hall–Kier alpha value is -0.984. The molecule has 0 aliphatic carbocycles. The fourth-order valence-corrected chi connectivity index (χ4v) is 3.32. The number of carbonyl (C=O) groups excluding carboxylic acids is 1. The van der Waals surface area contributed by atoms with E-state index in [2.05, 4.69) is 74.9 Å².